The fourth-order valence-electron chi connectivity index (χ4n) is 2.95. The quantitative estimate of drug-likeness (QED) is 0.788. The standard InChI is InChI=1S/C18H17N3O/c1-22-15-8-6-13(7-9-15)16-11-20-21-17-5-3-2-4-14(17)10-19-12-18(16)21/h2-9,11,19H,10,12H2,1H3. The van der Waals surface area contributed by atoms with Gasteiger partial charge in [-0.1, -0.05) is 30.3 Å². The van der Waals surface area contributed by atoms with Crippen molar-refractivity contribution in [3.63, 3.8) is 0 Å². The Hall–Kier alpha value is -2.59. The molecule has 0 bridgehead atoms. The minimum absolute atomic E-state index is 0.802. The number of aromatic nitrogens is 2. The Balaban J connectivity index is 1.83. The molecule has 2 aromatic carbocycles. The summed E-state index contributed by atoms with van der Waals surface area (Å²) in [6.07, 6.45) is 1.95. The first-order valence-electron chi connectivity index (χ1n) is 7.37. The fourth-order valence-corrected chi connectivity index (χ4v) is 2.95. The van der Waals surface area contributed by atoms with Crippen LogP contribution in [0.2, 0.25) is 0 Å². The zero-order chi connectivity index (χ0) is 14.9. The van der Waals surface area contributed by atoms with Crippen molar-refractivity contribution in [3.8, 4) is 22.6 Å². The van der Waals surface area contributed by atoms with Crippen LogP contribution in [-0.2, 0) is 13.1 Å². The highest BCUT2D eigenvalue weighted by Gasteiger charge is 2.18. The Morgan fingerprint density at radius 2 is 1.86 bits per heavy atom. The van der Waals surface area contributed by atoms with E-state index in [2.05, 4.69) is 51.5 Å². The van der Waals surface area contributed by atoms with Crippen LogP contribution in [0.25, 0.3) is 16.8 Å². The van der Waals surface area contributed by atoms with Crippen molar-refractivity contribution in [2.75, 3.05) is 7.11 Å². The van der Waals surface area contributed by atoms with Crippen LogP contribution in [0, 0.1) is 0 Å². The van der Waals surface area contributed by atoms with Crippen LogP contribution in [0.3, 0.4) is 0 Å². The molecule has 0 amide bonds. The first-order chi connectivity index (χ1) is 10.9. The van der Waals surface area contributed by atoms with Crippen LogP contribution in [0.15, 0.2) is 54.7 Å². The van der Waals surface area contributed by atoms with Crippen LogP contribution >= 0.6 is 0 Å². The third kappa shape index (κ3) is 2.09. The van der Waals surface area contributed by atoms with E-state index in [-0.39, 0.29) is 0 Å². The SMILES string of the molecule is COc1ccc(-c2cnn3c2CNCc2ccccc2-3)cc1. The molecule has 1 aromatic heterocycles. The summed E-state index contributed by atoms with van der Waals surface area (Å²) in [6.45, 7) is 1.66. The number of hydrogen-bond acceptors (Lipinski definition) is 3. The molecule has 0 aliphatic carbocycles. The summed E-state index contributed by atoms with van der Waals surface area (Å²) in [5.41, 5.74) is 5.93. The molecular weight excluding hydrogens is 274 g/mol. The zero-order valence-electron chi connectivity index (χ0n) is 12.4. The molecule has 110 valence electrons. The average molecular weight is 291 g/mol. The topological polar surface area (TPSA) is 39.1 Å². The third-order valence-electron chi connectivity index (χ3n) is 4.10. The second-order valence-electron chi connectivity index (χ2n) is 5.38. The molecule has 0 spiro atoms. The minimum Gasteiger partial charge on any atom is -0.497 e. The molecule has 2 heterocycles. The Morgan fingerprint density at radius 3 is 2.68 bits per heavy atom. The molecule has 0 fully saturated rings. The van der Waals surface area contributed by atoms with Crippen molar-refractivity contribution >= 4 is 0 Å². The van der Waals surface area contributed by atoms with Crippen molar-refractivity contribution in [1.29, 1.82) is 0 Å². The predicted molar refractivity (Wildman–Crippen MR) is 86.1 cm³/mol. The number of para-hydroxylation sites is 1. The number of nitrogens with one attached hydrogen (secondary N) is 1. The second-order valence-corrected chi connectivity index (χ2v) is 5.38. The van der Waals surface area contributed by atoms with Crippen molar-refractivity contribution < 1.29 is 4.74 Å². The number of nitrogens with zero attached hydrogens (tertiary/aromatic N) is 2. The first kappa shape index (κ1) is 13.1. The van der Waals surface area contributed by atoms with Crippen molar-refractivity contribution in [2.45, 2.75) is 13.1 Å². The summed E-state index contributed by atoms with van der Waals surface area (Å²) in [5, 5.41) is 8.12. The molecule has 22 heavy (non-hydrogen) atoms. The summed E-state index contributed by atoms with van der Waals surface area (Å²) >= 11 is 0. The fraction of sp³-hybridized carbons (Fsp3) is 0.167. The van der Waals surface area contributed by atoms with E-state index in [1.165, 1.54) is 11.3 Å². The Kier molecular flexibility index (Phi) is 3.16. The van der Waals surface area contributed by atoms with Crippen LogP contribution in [0.4, 0.5) is 0 Å². The van der Waals surface area contributed by atoms with Crippen molar-refractivity contribution in [3.05, 3.63) is 66.0 Å². The van der Waals surface area contributed by atoms with E-state index < -0.39 is 0 Å². The van der Waals surface area contributed by atoms with E-state index in [4.69, 9.17) is 4.74 Å². The van der Waals surface area contributed by atoms with Gasteiger partial charge in [0.15, 0.2) is 0 Å². The van der Waals surface area contributed by atoms with E-state index in [9.17, 15) is 0 Å². The summed E-state index contributed by atoms with van der Waals surface area (Å²) in [4.78, 5) is 0. The second kappa shape index (κ2) is 5.31. The molecule has 1 aliphatic heterocycles. The molecule has 4 rings (SSSR count). The monoisotopic (exact) mass is 291 g/mol. The molecule has 3 aromatic rings. The van der Waals surface area contributed by atoms with E-state index >= 15 is 0 Å². The van der Waals surface area contributed by atoms with Gasteiger partial charge in [0.1, 0.15) is 5.75 Å². The van der Waals surface area contributed by atoms with Crippen LogP contribution in [-0.4, -0.2) is 16.9 Å². The maximum atomic E-state index is 5.23. The van der Waals surface area contributed by atoms with E-state index in [1.54, 1.807) is 7.11 Å². The molecule has 0 saturated carbocycles. The smallest absolute Gasteiger partial charge is 0.118 e. The summed E-state index contributed by atoms with van der Waals surface area (Å²) in [6, 6.07) is 16.5. The van der Waals surface area contributed by atoms with Crippen molar-refractivity contribution in [2.24, 2.45) is 0 Å². The number of fused-ring (bicyclic) bond motifs is 3. The first-order valence-corrected chi connectivity index (χ1v) is 7.37. The molecular formula is C18H17N3O. The highest BCUT2D eigenvalue weighted by atomic mass is 16.5. The van der Waals surface area contributed by atoms with E-state index in [1.807, 2.05) is 18.3 Å². The predicted octanol–water partition coefficient (Wildman–Crippen LogP) is 3.15. The average Bonchev–Trinajstić information content (AvgIpc) is 2.90. The van der Waals surface area contributed by atoms with Gasteiger partial charge in [0.05, 0.1) is 24.7 Å². The highest BCUT2D eigenvalue weighted by Crippen LogP contribution is 2.29. The van der Waals surface area contributed by atoms with Gasteiger partial charge in [0, 0.05) is 18.7 Å². The normalized spacial score (nSPS) is 13.1. The van der Waals surface area contributed by atoms with Gasteiger partial charge < -0.3 is 10.1 Å². The van der Waals surface area contributed by atoms with Crippen LogP contribution < -0.4 is 10.1 Å². The van der Waals surface area contributed by atoms with Gasteiger partial charge in [-0.05, 0) is 29.3 Å². The van der Waals surface area contributed by atoms with Gasteiger partial charge in [-0.2, -0.15) is 5.10 Å². The van der Waals surface area contributed by atoms with Gasteiger partial charge in [-0.25, -0.2) is 4.68 Å². The van der Waals surface area contributed by atoms with Crippen LogP contribution in [0.1, 0.15) is 11.3 Å². The maximum absolute atomic E-state index is 5.23. The van der Waals surface area contributed by atoms with Gasteiger partial charge >= 0.3 is 0 Å². The molecule has 0 radical (unpaired) electrons. The van der Waals surface area contributed by atoms with Gasteiger partial charge in [-0.15, -0.1) is 0 Å². The van der Waals surface area contributed by atoms with Gasteiger partial charge in [0.2, 0.25) is 0 Å². The van der Waals surface area contributed by atoms with Gasteiger partial charge in [-0.3, -0.25) is 0 Å². The lowest BCUT2D eigenvalue weighted by molar-refractivity contribution is 0.415. The molecule has 1 aliphatic rings. The number of rotatable bonds is 2. The van der Waals surface area contributed by atoms with Crippen LogP contribution in [0.5, 0.6) is 5.75 Å². The summed E-state index contributed by atoms with van der Waals surface area (Å²) < 4.78 is 7.28. The van der Waals surface area contributed by atoms with E-state index in [0.717, 1.165) is 35.7 Å². The molecule has 4 heteroatoms. The number of ether oxygens (including phenoxy) is 1. The highest BCUT2D eigenvalue weighted by molar-refractivity contribution is 5.67. The van der Waals surface area contributed by atoms with Gasteiger partial charge in [0.25, 0.3) is 0 Å². The number of hydrogen-bond donors (Lipinski definition) is 1. The van der Waals surface area contributed by atoms with Crippen molar-refractivity contribution in [1.82, 2.24) is 15.1 Å². The molecule has 4 nitrogen and oxygen atoms in total. The molecule has 0 atom stereocenters. The summed E-state index contributed by atoms with van der Waals surface area (Å²) in [7, 11) is 1.68. The largest absolute Gasteiger partial charge is 0.497 e. The zero-order valence-corrected chi connectivity index (χ0v) is 12.4. The molecule has 1 N–H and O–H groups in total. The lowest BCUT2D eigenvalue weighted by Crippen LogP contribution is -2.11. The Labute approximate surface area is 129 Å². The number of methoxy groups -OCH3 is 1. The number of benzene rings is 2. The van der Waals surface area contributed by atoms with E-state index in [0.29, 0.717) is 0 Å². The summed E-state index contributed by atoms with van der Waals surface area (Å²) in [5.74, 6) is 0.866. The lowest BCUT2D eigenvalue weighted by Gasteiger charge is -2.08. The molecule has 0 saturated heterocycles. The minimum atomic E-state index is 0.802. The Morgan fingerprint density at radius 1 is 1.05 bits per heavy atom. The maximum Gasteiger partial charge on any atom is 0.118 e. The Bertz CT molecular complexity index is 805. The molecule has 0 unspecified atom stereocenters. The third-order valence-corrected chi connectivity index (χ3v) is 4.10. The lowest BCUT2D eigenvalue weighted by atomic mass is 10.1.